The summed E-state index contributed by atoms with van der Waals surface area (Å²) in [6, 6.07) is 21.8. The van der Waals surface area contributed by atoms with Crippen molar-refractivity contribution >= 4 is 16.8 Å². The molecule has 5 heteroatoms. The fraction of sp³-hybridized carbons (Fsp3) is 0.333. The maximum atomic E-state index is 12.8. The first-order valence-corrected chi connectivity index (χ1v) is 10.2. The van der Waals surface area contributed by atoms with Gasteiger partial charge in [0.2, 0.25) is 0 Å². The minimum absolute atomic E-state index is 0.000368. The molecule has 0 atom stereocenters. The predicted molar refractivity (Wildman–Crippen MR) is 113 cm³/mol. The van der Waals surface area contributed by atoms with Crippen LogP contribution in [0.1, 0.15) is 28.9 Å². The molecule has 2 heterocycles. The molecule has 0 N–H and O–H groups in total. The second-order valence-corrected chi connectivity index (χ2v) is 7.29. The number of hydrogen-bond acceptors (Lipinski definition) is 4. The van der Waals surface area contributed by atoms with Crippen LogP contribution < -0.4 is 0 Å². The molecular weight excluding hydrogens is 364 g/mol. The van der Waals surface area contributed by atoms with Crippen molar-refractivity contribution in [2.24, 2.45) is 0 Å². The van der Waals surface area contributed by atoms with E-state index in [1.165, 1.54) is 5.56 Å². The molecule has 0 aliphatic carbocycles. The monoisotopic (exact) mass is 390 g/mol. The van der Waals surface area contributed by atoms with E-state index in [0.29, 0.717) is 38.6 Å². The van der Waals surface area contributed by atoms with Crippen molar-refractivity contribution in [3.05, 3.63) is 78.0 Å². The van der Waals surface area contributed by atoms with Gasteiger partial charge >= 0.3 is 0 Å². The molecule has 0 unspecified atom stereocenters. The van der Waals surface area contributed by atoms with E-state index in [1.54, 1.807) is 0 Å². The van der Waals surface area contributed by atoms with Crippen LogP contribution >= 0.6 is 0 Å². The standard InChI is InChI=1S/C24H26N2O3/c27-24(23-11-10-20-8-4-5-9-22(20)25-23)26-14-12-21(13-15-26)29-17-16-28-18-19-6-2-1-3-7-19/h1-11,21H,12-18H2. The maximum absolute atomic E-state index is 12.8. The Morgan fingerprint density at radius 3 is 2.52 bits per heavy atom. The lowest BCUT2D eigenvalue weighted by Crippen LogP contribution is -2.41. The van der Waals surface area contributed by atoms with E-state index in [1.807, 2.05) is 59.5 Å². The van der Waals surface area contributed by atoms with Gasteiger partial charge in [-0.05, 0) is 30.5 Å². The summed E-state index contributed by atoms with van der Waals surface area (Å²) in [5, 5.41) is 1.05. The third-order valence-corrected chi connectivity index (χ3v) is 5.24. The summed E-state index contributed by atoms with van der Waals surface area (Å²) in [4.78, 5) is 19.2. The van der Waals surface area contributed by atoms with Crippen LogP contribution in [0.5, 0.6) is 0 Å². The highest BCUT2D eigenvalue weighted by Crippen LogP contribution is 2.18. The Morgan fingerprint density at radius 1 is 0.931 bits per heavy atom. The number of nitrogens with zero attached hydrogens (tertiary/aromatic N) is 2. The van der Waals surface area contributed by atoms with Gasteiger partial charge in [-0.15, -0.1) is 0 Å². The Kier molecular flexibility index (Phi) is 6.49. The number of likely N-dealkylation sites (tertiary alicyclic amines) is 1. The predicted octanol–water partition coefficient (Wildman–Crippen LogP) is 4.07. The van der Waals surface area contributed by atoms with Crippen molar-refractivity contribution in [3.8, 4) is 0 Å². The number of rotatable bonds is 7. The van der Waals surface area contributed by atoms with Gasteiger partial charge in [0.1, 0.15) is 5.69 Å². The molecular formula is C24H26N2O3. The lowest BCUT2D eigenvalue weighted by atomic mass is 10.1. The van der Waals surface area contributed by atoms with E-state index < -0.39 is 0 Å². The fourth-order valence-corrected chi connectivity index (χ4v) is 3.61. The summed E-state index contributed by atoms with van der Waals surface area (Å²) >= 11 is 0. The number of ether oxygens (including phenoxy) is 2. The Labute approximate surface area is 171 Å². The molecule has 0 radical (unpaired) electrons. The van der Waals surface area contributed by atoms with Crippen molar-refractivity contribution < 1.29 is 14.3 Å². The highest BCUT2D eigenvalue weighted by atomic mass is 16.5. The Hall–Kier alpha value is -2.76. The van der Waals surface area contributed by atoms with E-state index in [2.05, 4.69) is 17.1 Å². The average Bonchev–Trinajstić information content (AvgIpc) is 2.79. The summed E-state index contributed by atoms with van der Waals surface area (Å²) in [6.07, 6.45) is 1.87. The molecule has 150 valence electrons. The van der Waals surface area contributed by atoms with Gasteiger partial charge in [0, 0.05) is 18.5 Å². The number of para-hydroxylation sites is 1. The van der Waals surface area contributed by atoms with Crippen molar-refractivity contribution in [2.75, 3.05) is 26.3 Å². The SMILES string of the molecule is O=C(c1ccc2ccccc2n1)N1CCC(OCCOCc2ccccc2)CC1. The molecule has 1 aliphatic rings. The van der Waals surface area contributed by atoms with E-state index >= 15 is 0 Å². The lowest BCUT2D eigenvalue weighted by molar-refractivity contribution is -0.0229. The van der Waals surface area contributed by atoms with Crippen LogP contribution in [0.3, 0.4) is 0 Å². The summed E-state index contributed by atoms with van der Waals surface area (Å²) in [6.45, 7) is 3.16. The Morgan fingerprint density at radius 2 is 1.69 bits per heavy atom. The smallest absolute Gasteiger partial charge is 0.272 e. The van der Waals surface area contributed by atoms with Gasteiger partial charge in [-0.2, -0.15) is 0 Å². The molecule has 1 amide bonds. The number of hydrogen-bond donors (Lipinski definition) is 0. The van der Waals surface area contributed by atoms with E-state index in [9.17, 15) is 4.79 Å². The number of carbonyl (C=O) groups is 1. The summed E-state index contributed by atoms with van der Waals surface area (Å²) in [5.74, 6) is 0.000368. The molecule has 1 fully saturated rings. The maximum Gasteiger partial charge on any atom is 0.272 e. The van der Waals surface area contributed by atoms with Crippen LogP contribution in [0, 0.1) is 0 Å². The van der Waals surface area contributed by atoms with E-state index in [4.69, 9.17) is 9.47 Å². The highest BCUT2D eigenvalue weighted by molar-refractivity contribution is 5.94. The highest BCUT2D eigenvalue weighted by Gasteiger charge is 2.24. The number of amides is 1. The summed E-state index contributed by atoms with van der Waals surface area (Å²) in [5.41, 5.74) is 2.53. The van der Waals surface area contributed by atoms with Gasteiger partial charge in [0.25, 0.3) is 5.91 Å². The summed E-state index contributed by atoms with van der Waals surface area (Å²) in [7, 11) is 0. The number of pyridine rings is 1. The van der Waals surface area contributed by atoms with Crippen molar-refractivity contribution in [3.63, 3.8) is 0 Å². The zero-order chi connectivity index (χ0) is 19.9. The number of benzene rings is 2. The largest absolute Gasteiger partial charge is 0.376 e. The third kappa shape index (κ3) is 5.19. The van der Waals surface area contributed by atoms with Crippen LogP contribution in [-0.4, -0.2) is 48.2 Å². The Bertz CT molecular complexity index is 937. The second-order valence-electron chi connectivity index (χ2n) is 7.29. The average molecular weight is 390 g/mol. The number of aromatic nitrogens is 1. The molecule has 4 rings (SSSR count). The molecule has 0 saturated carbocycles. The minimum atomic E-state index is 0.000368. The van der Waals surface area contributed by atoms with E-state index in [-0.39, 0.29) is 12.0 Å². The Balaban J connectivity index is 1.19. The van der Waals surface area contributed by atoms with Gasteiger partial charge in [0.15, 0.2) is 0 Å². The quantitative estimate of drug-likeness (QED) is 0.571. The minimum Gasteiger partial charge on any atom is -0.376 e. The molecule has 29 heavy (non-hydrogen) atoms. The van der Waals surface area contributed by atoms with Gasteiger partial charge in [-0.3, -0.25) is 4.79 Å². The first-order valence-electron chi connectivity index (χ1n) is 10.2. The topological polar surface area (TPSA) is 51.7 Å². The third-order valence-electron chi connectivity index (χ3n) is 5.24. The number of piperidine rings is 1. The van der Waals surface area contributed by atoms with Gasteiger partial charge in [-0.1, -0.05) is 54.6 Å². The van der Waals surface area contributed by atoms with Gasteiger partial charge in [0.05, 0.1) is 31.4 Å². The number of carbonyl (C=O) groups excluding carboxylic acids is 1. The van der Waals surface area contributed by atoms with Crippen LogP contribution in [0.15, 0.2) is 66.7 Å². The molecule has 1 saturated heterocycles. The van der Waals surface area contributed by atoms with Crippen molar-refractivity contribution in [1.82, 2.24) is 9.88 Å². The fourth-order valence-electron chi connectivity index (χ4n) is 3.61. The zero-order valence-corrected chi connectivity index (χ0v) is 16.5. The normalized spacial score (nSPS) is 15.0. The number of fused-ring (bicyclic) bond motifs is 1. The van der Waals surface area contributed by atoms with Crippen LogP contribution in [0.2, 0.25) is 0 Å². The molecule has 5 nitrogen and oxygen atoms in total. The molecule has 0 spiro atoms. The van der Waals surface area contributed by atoms with Crippen LogP contribution in [0.25, 0.3) is 10.9 Å². The van der Waals surface area contributed by atoms with E-state index in [0.717, 1.165) is 23.7 Å². The van der Waals surface area contributed by atoms with Gasteiger partial charge in [-0.25, -0.2) is 4.98 Å². The molecule has 2 aromatic carbocycles. The van der Waals surface area contributed by atoms with Crippen molar-refractivity contribution in [2.45, 2.75) is 25.6 Å². The van der Waals surface area contributed by atoms with Gasteiger partial charge < -0.3 is 14.4 Å². The van der Waals surface area contributed by atoms with Crippen LogP contribution in [-0.2, 0) is 16.1 Å². The molecule has 1 aromatic heterocycles. The van der Waals surface area contributed by atoms with Crippen LogP contribution in [0.4, 0.5) is 0 Å². The molecule has 1 aliphatic heterocycles. The zero-order valence-electron chi connectivity index (χ0n) is 16.5. The second kappa shape index (κ2) is 9.63. The lowest BCUT2D eigenvalue weighted by Gasteiger charge is -2.31. The first kappa shape index (κ1) is 19.6. The molecule has 0 bridgehead atoms. The molecule has 3 aromatic rings. The van der Waals surface area contributed by atoms with Crippen molar-refractivity contribution in [1.29, 1.82) is 0 Å². The first-order chi connectivity index (χ1) is 14.3. The summed E-state index contributed by atoms with van der Waals surface area (Å²) < 4.78 is 11.6.